The molecule has 1 aromatic heterocycles. The predicted octanol–water partition coefficient (Wildman–Crippen LogP) is 5.75. The van der Waals surface area contributed by atoms with E-state index in [9.17, 15) is 27.6 Å². The molecule has 0 fully saturated rings. The number of aromatic amines is 1. The Morgan fingerprint density at radius 1 is 0.974 bits per heavy atom. The summed E-state index contributed by atoms with van der Waals surface area (Å²) >= 11 is 1.44. The third-order valence-corrected chi connectivity index (χ3v) is 6.92. The van der Waals surface area contributed by atoms with Gasteiger partial charge in [0, 0.05) is 21.9 Å². The molecule has 5 rings (SSSR count). The van der Waals surface area contributed by atoms with Gasteiger partial charge in [-0.3, -0.25) is 19.4 Å². The third kappa shape index (κ3) is 5.96. The minimum Gasteiger partial charge on any atom is -0.326 e. The van der Waals surface area contributed by atoms with Crippen molar-refractivity contribution in [3.8, 4) is 0 Å². The molecule has 0 saturated heterocycles. The summed E-state index contributed by atoms with van der Waals surface area (Å²) in [6.45, 7) is 0. The molecule has 2 heterocycles. The number of para-hydroxylation sites is 1. The Hall–Kier alpha value is -4.58. The van der Waals surface area contributed by atoms with Gasteiger partial charge in [0.2, 0.25) is 17.8 Å². The van der Waals surface area contributed by atoms with Crippen molar-refractivity contribution in [2.24, 2.45) is 0 Å². The molecule has 1 aliphatic rings. The lowest BCUT2D eigenvalue weighted by molar-refractivity contribution is -0.137. The topological polar surface area (TPSA) is 116 Å². The number of nitrogens with zero attached hydrogens (tertiary/aromatic N) is 1. The molecule has 0 unspecified atom stereocenters. The normalized spacial score (nSPS) is 14.7. The quantitative estimate of drug-likeness (QED) is 0.243. The average Bonchev–Trinajstić information content (AvgIpc) is 2.89. The highest BCUT2D eigenvalue weighted by molar-refractivity contribution is 7.99. The van der Waals surface area contributed by atoms with Gasteiger partial charge in [-0.15, -0.1) is 0 Å². The number of hydrogen-bond acceptors (Lipinski definition) is 6. The molecule has 39 heavy (non-hydrogen) atoms. The fourth-order valence-corrected chi connectivity index (χ4v) is 4.98. The van der Waals surface area contributed by atoms with E-state index in [0.717, 1.165) is 21.9 Å². The molecule has 0 bridgehead atoms. The molecule has 2 amide bonds. The van der Waals surface area contributed by atoms with Crippen LogP contribution in [0, 0.1) is 0 Å². The highest BCUT2D eigenvalue weighted by Gasteiger charge is 2.35. The molecule has 3 aromatic carbocycles. The molecular weight excluding hydrogens is 531 g/mol. The third-order valence-electron chi connectivity index (χ3n) is 5.84. The van der Waals surface area contributed by atoms with Gasteiger partial charge in [-0.05, 0) is 42.5 Å². The van der Waals surface area contributed by atoms with E-state index in [1.807, 2.05) is 42.5 Å². The average molecular weight is 552 g/mol. The van der Waals surface area contributed by atoms with Crippen LogP contribution in [0.4, 0.5) is 36.3 Å². The summed E-state index contributed by atoms with van der Waals surface area (Å²) in [5, 5.41) is 7.92. The maximum atomic E-state index is 13.3. The Morgan fingerprint density at radius 3 is 2.49 bits per heavy atom. The molecule has 0 spiro atoms. The second-order valence-corrected chi connectivity index (χ2v) is 9.70. The van der Waals surface area contributed by atoms with Crippen molar-refractivity contribution in [2.45, 2.75) is 28.3 Å². The number of benzene rings is 3. The van der Waals surface area contributed by atoms with Crippen LogP contribution < -0.4 is 21.5 Å². The van der Waals surface area contributed by atoms with Crippen molar-refractivity contribution in [2.75, 3.05) is 16.0 Å². The molecule has 0 radical (unpaired) electrons. The van der Waals surface area contributed by atoms with Crippen LogP contribution in [0.1, 0.15) is 23.5 Å². The molecule has 1 atom stereocenters. The lowest BCUT2D eigenvalue weighted by atomic mass is 9.92. The maximum Gasteiger partial charge on any atom is 0.416 e. The number of carbonyl (C=O) groups is 2. The molecule has 0 saturated carbocycles. The highest BCUT2D eigenvalue weighted by Crippen LogP contribution is 2.36. The van der Waals surface area contributed by atoms with Crippen LogP contribution >= 0.6 is 11.8 Å². The number of hydrogen-bond donors (Lipinski definition) is 4. The highest BCUT2D eigenvalue weighted by atomic mass is 32.2. The van der Waals surface area contributed by atoms with Gasteiger partial charge in [0.1, 0.15) is 5.82 Å². The Labute approximate surface area is 224 Å². The summed E-state index contributed by atoms with van der Waals surface area (Å²) in [5.41, 5.74) is -1.10. The zero-order valence-electron chi connectivity index (χ0n) is 20.0. The standard InChI is InChI=1S/C27H20F3N5O3S/c28-27(29,30)15-7-6-8-16(13-15)31-26-34-23-22(25(38)35-26)18(14-21(36)33-23)24(37)32-19-11-4-5-12-20(19)39-17-9-2-1-3-10-17/h1-13,18H,14H2,(H,32,37)(H3,31,33,34,35,36,38)/t18-/m0/s1. The van der Waals surface area contributed by atoms with E-state index >= 15 is 0 Å². The Bertz CT molecular complexity index is 1610. The first-order chi connectivity index (χ1) is 18.7. The number of fused-ring (bicyclic) bond motifs is 1. The number of anilines is 4. The van der Waals surface area contributed by atoms with Crippen LogP contribution in [0.15, 0.2) is 93.4 Å². The summed E-state index contributed by atoms with van der Waals surface area (Å²) in [7, 11) is 0. The van der Waals surface area contributed by atoms with Crippen molar-refractivity contribution in [1.29, 1.82) is 0 Å². The zero-order chi connectivity index (χ0) is 27.6. The summed E-state index contributed by atoms with van der Waals surface area (Å²) in [6.07, 6.45) is -4.83. The molecule has 0 aliphatic carbocycles. The van der Waals surface area contributed by atoms with Gasteiger partial charge < -0.3 is 16.0 Å². The van der Waals surface area contributed by atoms with Crippen LogP contribution in [0.5, 0.6) is 0 Å². The van der Waals surface area contributed by atoms with E-state index in [4.69, 9.17) is 0 Å². The van der Waals surface area contributed by atoms with Crippen molar-refractivity contribution in [3.05, 3.63) is 100 Å². The lowest BCUT2D eigenvalue weighted by Crippen LogP contribution is -2.36. The van der Waals surface area contributed by atoms with E-state index in [2.05, 4.69) is 25.9 Å². The minimum absolute atomic E-state index is 0.0249. The predicted molar refractivity (Wildman–Crippen MR) is 141 cm³/mol. The number of halogens is 3. The van der Waals surface area contributed by atoms with E-state index < -0.39 is 35.0 Å². The van der Waals surface area contributed by atoms with Gasteiger partial charge in [0.05, 0.1) is 22.7 Å². The minimum atomic E-state index is -4.55. The largest absolute Gasteiger partial charge is 0.416 e. The molecule has 12 heteroatoms. The van der Waals surface area contributed by atoms with Gasteiger partial charge in [-0.1, -0.05) is 48.2 Å². The molecule has 4 N–H and O–H groups in total. The number of carbonyl (C=O) groups excluding carboxylic acids is 2. The monoisotopic (exact) mass is 551 g/mol. The Kier molecular flexibility index (Phi) is 7.11. The fourth-order valence-electron chi connectivity index (χ4n) is 4.06. The molecular formula is C27H20F3N5O3S. The van der Waals surface area contributed by atoms with Gasteiger partial charge in [-0.25, -0.2) is 0 Å². The second-order valence-electron chi connectivity index (χ2n) is 8.59. The molecule has 198 valence electrons. The van der Waals surface area contributed by atoms with E-state index in [0.29, 0.717) is 5.69 Å². The van der Waals surface area contributed by atoms with Gasteiger partial charge in [-0.2, -0.15) is 18.2 Å². The fraction of sp³-hybridized carbons (Fsp3) is 0.111. The SMILES string of the molecule is O=C1C[C@H](C(=O)Nc2ccccc2Sc2ccccc2)c2c(nc(Nc3cccc(C(F)(F)F)c3)[nH]c2=O)N1. The lowest BCUT2D eigenvalue weighted by Gasteiger charge is -2.24. The first-order valence-electron chi connectivity index (χ1n) is 11.7. The van der Waals surface area contributed by atoms with Crippen LogP contribution in [0.3, 0.4) is 0 Å². The summed E-state index contributed by atoms with van der Waals surface area (Å²) in [4.78, 5) is 47.2. The van der Waals surface area contributed by atoms with Crippen LogP contribution in [0.25, 0.3) is 0 Å². The summed E-state index contributed by atoms with van der Waals surface area (Å²) < 4.78 is 39.2. The number of aromatic nitrogens is 2. The molecule has 8 nitrogen and oxygen atoms in total. The van der Waals surface area contributed by atoms with Crippen molar-refractivity contribution >= 4 is 46.7 Å². The van der Waals surface area contributed by atoms with Gasteiger partial charge >= 0.3 is 6.18 Å². The number of rotatable bonds is 6. The Morgan fingerprint density at radius 2 is 1.72 bits per heavy atom. The number of alkyl halides is 3. The maximum absolute atomic E-state index is 13.3. The second kappa shape index (κ2) is 10.7. The first kappa shape index (κ1) is 26.0. The van der Waals surface area contributed by atoms with Crippen molar-refractivity contribution in [3.63, 3.8) is 0 Å². The number of nitrogens with one attached hydrogen (secondary N) is 4. The van der Waals surface area contributed by atoms with Crippen molar-refractivity contribution in [1.82, 2.24) is 9.97 Å². The molecule has 1 aliphatic heterocycles. The Balaban J connectivity index is 1.40. The van der Waals surface area contributed by atoms with Gasteiger partial charge in [0.15, 0.2) is 0 Å². The van der Waals surface area contributed by atoms with Crippen LogP contribution in [-0.4, -0.2) is 21.8 Å². The van der Waals surface area contributed by atoms with E-state index in [1.165, 1.54) is 23.9 Å². The number of amides is 2. The van der Waals surface area contributed by atoms with Crippen molar-refractivity contribution < 1.29 is 22.8 Å². The van der Waals surface area contributed by atoms with Gasteiger partial charge in [0.25, 0.3) is 5.56 Å². The van der Waals surface area contributed by atoms with E-state index in [1.54, 1.807) is 12.1 Å². The summed E-state index contributed by atoms with van der Waals surface area (Å²) in [5.74, 6) is -2.57. The summed E-state index contributed by atoms with van der Waals surface area (Å²) in [6, 6.07) is 21.1. The smallest absolute Gasteiger partial charge is 0.326 e. The zero-order valence-corrected chi connectivity index (χ0v) is 20.8. The van der Waals surface area contributed by atoms with Crippen LogP contribution in [0.2, 0.25) is 0 Å². The first-order valence-corrected chi connectivity index (χ1v) is 12.5. The number of H-pyrrole nitrogens is 1. The van der Waals surface area contributed by atoms with Crippen LogP contribution in [-0.2, 0) is 15.8 Å². The van der Waals surface area contributed by atoms with E-state index in [-0.39, 0.29) is 29.4 Å². The molecule has 4 aromatic rings.